The maximum Gasteiger partial charge on any atom is 1.00 e. The van der Waals surface area contributed by atoms with Crippen LogP contribution < -0.4 is 40.0 Å². The Morgan fingerprint density at radius 3 is 2.43 bits per heavy atom. The Balaban J connectivity index is 0.00000481. The Labute approximate surface area is 232 Å². The molecule has 194 valence electrons. The summed E-state index contributed by atoms with van der Waals surface area (Å²) in [6.45, 7) is 5.43. The number of alkyl halides is 3. The summed E-state index contributed by atoms with van der Waals surface area (Å²) in [5.74, 6) is -4.61. The van der Waals surface area contributed by atoms with Gasteiger partial charge in [0.1, 0.15) is 22.8 Å². The second kappa shape index (κ2) is 12.7. The molecule has 3 aromatic rings. The number of halogens is 4. The molecule has 2 aromatic heterocycles. The van der Waals surface area contributed by atoms with Gasteiger partial charge in [-0.2, -0.15) is 13.2 Å². The van der Waals surface area contributed by atoms with Gasteiger partial charge in [-0.05, 0) is 43.4 Å². The molecule has 1 amide bonds. The van der Waals surface area contributed by atoms with Gasteiger partial charge in [-0.1, -0.05) is 30.2 Å². The summed E-state index contributed by atoms with van der Waals surface area (Å²) in [7, 11) is 0. The third kappa shape index (κ3) is 8.14. The van der Waals surface area contributed by atoms with Crippen LogP contribution in [0.1, 0.15) is 61.6 Å². The molecule has 0 saturated carbocycles. The van der Waals surface area contributed by atoms with E-state index in [0.717, 1.165) is 0 Å². The zero-order chi connectivity index (χ0) is 26.6. The number of nitrogens with zero attached hydrogens (tertiary/aromatic N) is 2. The third-order valence-corrected chi connectivity index (χ3v) is 5.32. The number of amides is 1. The van der Waals surface area contributed by atoms with Crippen LogP contribution in [0.15, 0.2) is 33.3 Å². The van der Waals surface area contributed by atoms with Crippen LogP contribution in [0.25, 0.3) is 11.5 Å². The summed E-state index contributed by atoms with van der Waals surface area (Å²) in [4.78, 5) is 23.7. The van der Waals surface area contributed by atoms with E-state index in [2.05, 4.69) is 15.6 Å². The largest absolute Gasteiger partial charge is 1.00 e. The number of aliphatic carboxylic acids is 1. The first-order valence-electron chi connectivity index (χ1n) is 11.1. The smallest absolute Gasteiger partial charge is 0.550 e. The zero-order valence-electron chi connectivity index (χ0n) is 20.7. The van der Waals surface area contributed by atoms with E-state index in [1.807, 2.05) is 13.8 Å². The number of benzene rings is 1. The summed E-state index contributed by atoms with van der Waals surface area (Å²) in [6.07, 6.45) is -6.20. The molecule has 8 nitrogen and oxygen atoms in total. The minimum absolute atomic E-state index is 0. The molecular weight excluding hydrogens is 509 g/mol. The Morgan fingerprint density at radius 2 is 1.84 bits per heavy atom. The van der Waals surface area contributed by atoms with Gasteiger partial charge in [-0.3, -0.25) is 4.79 Å². The van der Waals surface area contributed by atoms with Crippen molar-refractivity contribution in [2.24, 2.45) is 5.92 Å². The molecule has 3 rings (SSSR count). The van der Waals surface area contributed by atoms with E-state index in [9.17, 15) is 32.3 Å². The van der Waals surface area contributed by atoms with Crippen molar-refractivity contribution < 1.29 is 70.9 Å². The molecule has 37 heavy (non-hydrogen) atoms. The first-order chi connectivity index (χ1) is 16.8. The van der Waals surface area contributed by atoms with Crippen molar-refractivity contribution in [1.29, 1.82) is 0 Å². The molecule has 0 saturated heterocycles. The second-order valence-corrected chi connectivity index (χ2v) is 8.89. The fraction of sp³-hybridized carbons (Fsp3) is 0.417. The molecule has 1 aromatic carbocycles. The van der Waals surface area contributed by atoms with Gasteiger partial charge < -0.3 is 24.3 Å². The van der Waals surface area contributed by atoms with Crippen LogP contribution in [0, 0.1) is 18.7 Å². The number of carboxylic acid groups (broad SMARTS) is 1. The van der Waals surface area contributed by atoms with Crippen molar-refractivity contribution in [2.75, 3.05) is 5.32 Å². The summed E-state index contributed by atoms with van der Waals surface area (Å²) in [5.41, 5.74) is -1.74. The van der Waals surface area contributed by atoms with Gasteiger partial charge in [0.15, 0.2) is 5.69 Å². The molecule has 0 fully saturated rings. The predicted molar refractivity (Wildman–Crippen MR) is 117 cm³/mol. The Morgan fingerprint density at radius 1 is 1.14 bits per heavy atom. The molecule has 0 aliphatic heterocycles. The molecule has 0 radical (unpaired) electrons. The molecule has 0 aliphatic carbocycles. The van der Waals surface area contributed by atoms with E-state index in [4.69, 9.17) is 9.05 Å². The van der Waals surface area contributed by atoms with Crippen molar-refractivity contribution in [3.8, 4) is 11.5 Å². The maximum atomic E-state index is 14.1. The fourth-order valence-corrected chi connectivity index (χ4v) is 3.72. The number of hydrogen-bond acceptors (Lipinski definition) is 7. The topological polar surface area (TPSA) is 121 Å². The molecule has 13 heteroatoms. The number of carboxylic acids is 1. The summed E-state index contributed by atoms with van der Waals surface area (Å²) >= 11 is 0. The first kappa shape index (κ1) is 30.5. The SMILES string of the molecule is Cc1ccc(NC(=O)C[C@H](CCC(=O)[O-])c2noc(-c3cc(CC(C)C)on3)c2C(F)(F)F)c(F)c1.[Na+]. The van der Waals surface area contributed by atoms with E-state index in [0.29, 0.717) is 17.7 Å². The van der Waals surface area contributed by atoms with Crippen LogP contribution in [0.5, 0.6) is 0 Å². The molecule has 0 spiro atoms. The van der Waals surface area contributed by atoms with Crippen LogP contribution in [0.4, 0.5) is 23.2 Å². The van der Waals surface area contributed by atoms with Crippen molar-refractivity contribution in [3.63, 3.8) is 0 Å². The van der Waals surface area contributed by atoms with Crippen molar-refractivity contribution in [3.05, 3.63) is 52.7 Å². The van der Waals surface area contributed by atoms with Crippen molar-refractivity contribution in [1.82, 2.24) is 10.3 Å². The molecular formula is C24H24F4N3NaO5. The Kier molecular flexibility index (Phi) is 10.5. The van der Waals surface area contributed by atoms with Gasteiger partial charge in [0.2, 0.25) is 11.7 Å². The summed E-state index contributed by atoms with van der Waals surface area (Å²) < 4.78 is 66.7. The van der Waals surface area contributed by atoms with E-state index >= 15 is 0 Å². The van der Waals surface area contributed by atoms with Gasteiger partial charge in [0.05, 0.1) is 5.69 Å². The van der Waals surface area contributed by atoms with Gasteiger partial charge in [0.25, 0.3) is 0 Å². The van der Waals surface area contributed by atoms with Crippen LogP contribution in [-0.2, 0) is 22.2 Å². The molecule has 2 heterocycles. The van der Waals surface area contributed by atoms with E-state index in [-0.39, 0.29) is 46.9 Å². The van der Waals surface area contributed by atoms with Crippen LogP contribution >= 0.6 is 0 Å². The van der Waals surface area contributed by atoms with E-state index in [1.54, 1.807) is 13.0 Å². The molecule has 1 atom stereocenters. The number of carbonyl (C=O) groups excluding carboxylic acids is 2. The van der Waals surface area contributed by atoms with Gasteiger partial charge in [0, 0.05) is 30.8 Å². The number of anilines is 1. The number of hydrogen-bond donors (Lipinski definition) is 1. The van der Waals surface area contributed by atoms with Crippen molar-refractivity contribution >= 4 is 17.6 Å². The number of rotatable bonds is 10. The average molecular weight is 533 g/mol. The van der Waals surface area contributed by atoms with Crippen molar-refractivity contribution in [2.45, 2.75) is 58.5 Å². The monoisotopic (exact) mass is 533 g/mol. The Hall–Kier alpha value is -2.70. The van der Waals surface area contributed by atoms with Gasteiger partial charge in [-0.25, -0.2) is 4.39 Å². The number of nitrogens with one attached hydrogen (secondary N) is 1. The summed E-state index contributed by atoms with van der Waals surface area (Å²) in [6, 6.07) is 5.35. The molecule has 0 aliphatic rings. The van der Waals surface area contributed by atoms with E-state index in [1.165, 1.54) is 18.2 Å². The van der Waals surface area contributed by atoms with Crippen LogP contribution in [0.2, 0.25) is 0 Å². The van der Waals surface area contributed by atoms with Crippen LogP contribution in [-0.4, -0.2) is 22.2 Å². The molecule has 1 N–H and O–H groups in total. The predicted octanol–water partition coefficient (Wildman–Crippen LogP) is 1.64. The fourth-order valence-electron chi connectivity index (χ4n) is 3.72. The minimum atomic E-state index is -4.97. The quantitative estimate of drug-likeness (QED) is 0.311. The normalized spacial score (nSPS) is 12.3. The molecule has 0 bridgehead atoms. The maximum absolute atomic E-state index is 14.1. The Bertz CT molecular complexity index is 1240. The standard InChI is InChI=1S/C24H25F4N3O5.Na/c1-12(2)8-15-11-18(30-35-15)23-21(24(26,27)28)22(31-36-23)14(5-7-20(33)34)10-19(32)29-17-6-4-13(3)9-16(17)25;/h4,6,9,11-12,14H,5,7-8,10H2,1-3H3,(H,29,32)(H,33,34);/q;+1/p-1/t14-;/m0./s1. The average Bonchev–Trinajstić information content (AvgIpc) is 3.39. The van der Waals surface area contributed by atoms with E-state index < -0.39 is 66.1 Å². The second-order valence-electron chi connectivity index (χ2n) is 8.89. The van der Waals surface area contributed by atoms with Gasteiger partial charge >= 0.3 is 35.7 Å². The molecule has 0 unspecified atom stereocenters. The van der Waals surface area contributed by atoms with Gasteiger partial charge in [-0.15, -0.1) is 0 Å². The first-order valence-corrected chi connectivity index (χ1v) is 11.1. The number of aromatic nitrogens is 2. The number of carbonyl (C=O) groups is 2. The minimum Gasteiger partial charge on any atom is -0.550 e. The number of aryl methyl sites for hydroxylation is 1. The third-order valence-electron chi connectivity index (χ3n) is 5.32. The zero-order valence-corrected chi connectivity index (χ0v) is 22.7. The van der Waals surface area contributed by atoms with Crippen LogP contribution in [0.3, 0.4) is 0 Å². The summed E-state index contributed by atoms with van der Waals surface area (Å²) in [5, 5.41) is 20.6.